The molecule has 3 aromatic rings. The first-order valence-corrected chi connectivity index (χ1v) is 12.4. The fraction of sp³-hybridized carbons (Fsp3) is 0.321. The minimum absolute atomic E-state index is 0.00957. The predicted octanol–water partition coefficient (Wildman–Crippen LogP) is 7.27. The van der Waals surface area contributed by atoms with Crippen LogP contribution in [0.15, 0.2) is 78.9 Å². The quantitative estimate of drug-likeness (QED) is 0.183. The first-order valence-electron chi connectivity index (χ1n) is 11.5. The first-order chi connectivity index (χ1) is 15.7. The van der Waals surface area contributed by atoms with E-state index in [0.29, 0.717) is 18.4 Å². The van der Waals surface area contributed by atoms with E-state index in [9.17, 15) is 9.90 Å². The van der Waals surface area contributed by atoms with Crippen molar-refractivity contribution in [1.82, 2.24) is 0 Å². The molecule has 4 heteroatoms. The standard InChI is InChI=1S/C26H29NO2S.C2H6/c1-2-16-30-27-25-14-12-23(13-15-25)22-8-10-24(11-9-22)26(29)18-21(19-28)17-20-6-4-3-5-7-20;1-2/h3-15,21,27-28H,2,16-19H2,1H3;1-2H3. The van der Waals surface area contributed by atoms with Crippen molar-refractivity contribution in [3.05, 3.63) is 90.0 Å². The van der Waals surface area contributed by atoms with Gasteiger partial charge >= 0.3 is 0 Å². The lowest BCUT2D eigenvalue weighted by molar-refractivity contribution is 0.0936. The Morgan fingerprint density at radius 3 is 2.06 bits per heavy atom. The van der Waals surface area contributed by atoms with Crippen LogP contribution >= 0.6 is 11.9 Å². The highest BCUT2D eigenvalue weighted by atomic mass is 32.2. The molecule has 0 aromatic heterocycles. The highest BCUT2D eigenvalue weighted by molar-refractivity contribution is 8.00. The Morgan fingerprint density at radius 1 is 0.906 bits per heavy atom. The zero-order chi connectivity index (χ0) is 23.2. The van der Waals surface area contributed by atoms with Gasteiger partial charge in [0.15, 0.2) is 5.78 Å². The lowest BCUT2D eigenvalue weighted by atomic mass is 9.92. The summed E-state index contributed by atoms with van der Waals surface area (Å²) < 4.78 is 3.34. The summed E-state index contributed by atoms with van der Waals surface area (Å²) in [6, 6.07) is 26.1. The average molecular weight is 450 g/mol. The van der Waals surface area contributed by atoms with Crippen molar-refractivity contribution in [1.29, 1.82) is 0 Å². The second-order valence-electron chi connectivity index (χ2n) is 7.47. The van der Waals surface area contributed by atoms with E-state index in [-0.39, 0.29) is 18.3 Å². The topological polar surface area (TPSA) is 49.3 Å². The van der Waals surface area contributed by atoms with Crippen LogP contribution in [0.2, 0.25) is 0 Å². The summed E-state index contributed by atoms with van der Waals surface area (Å²) in [5, 5.41) is 9.71. The van der Waals surface area contributed by atoms with Gasteiger partial charge in [-0.15, -0.1) is 0 Å². The summed E-state index contributed by atoms with van der Waals surface area (Å²) in [6.07, 6.45) is 2.20. The van der Waals surface area contributed by atoms with Crippen molar-refractivity contribution in [2.24, 2.45) is 5.92 Å². The minimum atomic E-state index is -0.0646. The third kappa shape index (κ3) is 8.18. The lowest BCUT2D eigenvalue weighted by Crippen LogP contribution is -2.15. The van der Waals surface area contributed by atoms with Gasteiger partial charge in [0.2, 0.25) is 0 Å². The van der Waals surface area contributed by atoms with Crippen LogP contribution in [0.25, 0.3) is 11.1 Å². The maximum Gasteiger partial charge on any atom is 0.163 e. The normalized spacial score (nSPS) is 11.2. The first kappa shape index (κ1) is 25.7. The lowest BCUT2D eigenvalue weighted by Gasteiger charge is -2.14. The molecule has 0 saturated carbocycles. The summed E-state index contributed by atoms with van der Waals surface area (Å²) in [5.41, 5.74) is 5.14. The Hall–Kier alpha value is -2.56. The van der Waals surface area contributed by atoms with Gasteiger partial charge < -0.3 is 9.83 Å². The van der Waals surface area contributed by atoms with E-state index in [0.717, 1.165) is 34.6 Å². The molecule has 0 fully saturated rings. The molecule has 1 unspecified atom stereocenters. The van der Waals surface area contributed by atoms with Gasteiger partial charge in [-0.3, -0.25) is 4.79 Å². The van der Waals surface area contributed by atoms with Crippen LogP contribution in [-0.2, 0) is 6.42 Å². The van der Waals surface area contributed by atoms with Crippen molar-refractivity contribution in [3.8, 4) is 11.1 Å². The van der Waals surface area contributed by atoms with Crippen LogP contribution in [0.4, 0.5) is 5.69 Å². The number of Topliss-reactive ketones (excluding diaryl/α,β-unsaturated/α-hetero) is 1. The Bertz CT molecular complexity index is 908. The summed E-state index contributed by atoms with van der Waals surface area (Å²) in [6.45, 7) is 6.18. The number of anilines is 1. The van der Waals surface area contributed by atoms with Gasteiger partial charge in [0, 0.05) is 30.0 Å². The van der Waals surface area contributed by atoms with E-state index in [2.05, 4.69) is 35.9 Å². The molecule has 1 atom stereocenters. The largest absolute Gasteiger partial charge is 0.396 e. The van der Waals surface area contributed by atoms with Crippen LogP contribution in [0.3, 0.4) is 0 Å². The van der Waals surface area contributed by atoms with Crippen LogP contribution in [-0.4, -0.2) is 23.2 Å². The van der Waals surface area contributed by atoms with Crippen molar-refractivity contribution in [2.45, 2.75) is 40.0 Å². The van der Waals surface area contributed by atoms with Crippen LogP contribution < -0.4 is 4.72 Å². The number of carbonyl (C=O) groups is 1. The zero-order valence-corrected chi connectivity index (χ0v) is 20.2. The van der Waals surface area contributed by atoms with Crippen molar-refractivity contribution in [2.75, 3.05) is 17.1 Å². The van der Waals surface area contributed by atoms with Crippen molar-refractivity contribution in [3.63, 3.8) is 0 Å². The van der Waals surface area contributed by atoms with Gasteiger partial charge in [0.05, 0.1) is 0 Å². The molecule has 0 aliphatic heterocycles. The molecule has 0 aliphatic carbocycles. The second-order valence-corrected chi connectivity index (χ2v) is 8.37. The maximum absolute atomic E-state index is 12.7. The molecule has 0 radical (unpaired) electrons. The summed E-state index contributed by atoms with van der Waals surface area (Å²) in [5.74, 6) is 1.09. The van der Waals surface area contributed by atoms with Gasteiger partial charge in [0.1, 0.15) is 0 Å². The molecule has 2 N–H and O–H groups in total. The smallest absolute Gasteiger partial charge is 0.163 e. The molecule has 3 aromatic carbocycles. The van der Waals surface area contributed by atoms with Crippen LogP contribution in [0, 0.1) is 5.92 Å². The summed E-state index contributed by atoms with van der Waals surface area (Å²) in [4.78, 5) is 12.7. The number of aliphatic hydroxyl groups excluding tert-OH is 1. The highest BCUT2D eigenvalue weighted by Gasteiger charge is 2.15. The number of hydrogen-bond donors (Lipinski definition) is 2. The Morgan fingerprint density at radius 2 is 1.50 bits per heavy atom. The van der Waals surface area contributed by atoms with Crippen LogP contribution in [0.1, 0.15) is 49.5 Å². The van der Waals surface area contributed by atoms with Crippen molar-refractivity contribution >= 4 is 23.4 Å². The number of benzene rings is 3. The van der Waals surface area contributed by atoms with Gasteiger partial charge in [0.25, 0.3) is 0 Å². The van der Waals surface area contributed by atoms with E-state index < -0.39 is 0 Å². The SMILES string of the molecule is CC.CCCSNc1ccc(-c2ccc(C(=O)CC(CO)Cc3ccccc3)cc2)cc1. The monoisotopic (exact) mass is 449 g/mol. The summed E-state index contributed by atoms with van der Waals surface area (Å²) >= 11 is 1.71. The molecule has 3 rings (SSSR count). The molecule has 32 heavy (non-hydrogen) atoms. The molecule has 0 heterocycles. The number of ketones is 1. The van der Waals surface area contributed by atoms with Gasteiger partial charge in [-0.25, -0.2) is 0 Å². The molecule has 170 valence electrons. The molecule has 0 bridgehead atoms. The number of carbonyl (C=O) groups excluding carboxylic acids is 1. The third-order valence-electron chi connectivity index (χ3n) is 5.02. The Labute approximate surface area is 197 Å². The molecule has 0 amide bonds. The fourth-order valence-electron chi connectivity index (χ4n) is 3.34. The number of rotatable bonds is 11. The van der Waals surface area contributed by atoms with E-state index >= 15 is 0 Å². The van der Waals surface area contributed by atoms with Gasteiger partial charge in [-0.1, -0.05) is 99.4 Å². The van der Waals surface area contributed by atoms with E-state index in [1.807, 2.05) is 68.4 Å². The predicted molar refractivity (Wildman–Crippen MR) is 139 cm³/mol. The molecule has 3 nitrogen and oxygen atoms in total. The van der Waals surface area contributed by atoms with E-state index in [1.54, 1.807) is 11.9 Å². The second kappa shape index (κ2) is 14.5. The molecule has 0 aliphatic rings. The zero-order valence-electron chi connectivity index (χ0n) is 19.4. The third-order valence-corrected chi connectivity index (χ3v) is 6.01. The number of aliphatic hydroxyl groups is 1. The number of nitrogens with one attached hydrogen (secondary N) is 1. The van der Waals surface area contributed by atoms with Crippen molar-refractivity contribution < 1.29 is 9.90 Å². The Balaban J connectivity index is 0.00000176. The maximum atomic E-state index is 12.7. The fourth-order valence-corrected chi connectivity index (χ4v) is 3.95. The number of hydrogen-bond acceptors (Lipinski definition) is 4. The summed E-state index contributed by atoms with van der Waals surface area (Å²) in [7, 11) is 0. The van der Waals surface area contributed by atoms with E-state index in [1.165, 1.54) is 0 Å². The minimum Gasteiger partial charge on any atom is -0.396 e. The van der Waals surface area contributed by atoms with Crippen LogP contribution in [0.5, 0.6) is 0 Å². The molecular weight excluding hydrogens is 414 g/mol. The average Bonchev–Trinajstić information content (AvgIpc) is 2.86. The molecule has 0 saturated heterocycles. The highest BCUT2D eigenvalue weighted by Crippen LogP contribution is 2.24. The van der Waals surface area contributed by atoms with Gasteiger partial charge in [-0.2, -0.15) is 0 Å². The Kier molecular flexibility index (Phi) is 11.6. The van der Waals surface area contributed by atoms with E-state index in [4.69, 9.17) is 0 Å². The molecular formula is C28H35NO2S. The van der Waals surface area contributed by atoms with Gasteiger partial charge in [-0.05, 0) is 47.6 Å². The molecule has 0 spiro atoms.